The largest absolute Gasteiger partial charge is 0.495 e. The number of hydrogen-bond acceptors (Lipinski definition) is 4. The first-order valence-corrected chi connectivity index (χ1v) is 9.03. The minimum atomic E-state index is -0.203. The summed E-state index contributed by atoms with van der Waals surface area (Å²) >= 11 is 0. The minimum absolute atomic E-state index is 0.203. The summed E-state index contributed by atoms with van der Waals surface area (Å²) in [5, 5.41) is 2.95. The van der Waals surface area contributed by atoms with Gasteiger partial charge in [0.1, 0.15) is 11.6 Å². The van der Waals surface area contributed by atoms with Crippen LogP contribution in [0.1, 0.15) is 22.3 Å². The van der Waals surface area contributed by atoms with Crippen LogP contribution in [0.3, 0.4) is 0 Å². The summed E-state index contributed by atoms with van der Waals surface area (Å²) in [5.74, 6) is 1.10. The molecule has 4 rings (SSSR count). The molecule has 0 fully saturated rings. The van der Waals surface area contributed by atoms with Crippen LogP contribution in [0.15, 0.2) is 66.9 Å². The van der Waals surface area contributed by atoms with Gasteiger partial charge in [0.2, 0.25) is 0 Å². The normalized spacial score (nSPS) is 13.0. The molecule has 0 bridgehead atoms. The number of methoxy groups -OCH3 is 1. The summed E-state index contributed by atoms with van der Waals surface area (Å²) in [6.45, 7) is 0.836. The van der Waals surface area contributed by atoms with E-state index in [1.807, 2.05) is 36.4 Å². The Morgan fingerprint density at radius 1 is 1.07 bits per heavy atom. The van der Waals surface area contributed by atoms with Gasteiger partial charge >= 0.3 is 0 Å². The maximum atomic E-state index is 13.0. The monoisotopic (exact) mass is 359 g/mol. The van der Waals surface area contributed by atoms with Crippen LogP contribution in [0.5, 0.6) is 5.75 Å². The Kier molecular flexibility index (Phi) is 4.75. The van der Waals surface area contributed by atoms with Crippen molar-refractivity contribution in [2.45, 2.75) is 12.8 Å². The Hall–Kier alpha value is -3.34. The SMILES string of the molecule is COc1ccccc1NC(=O)c1cccnc1N1CCCc2ccccc21. The fourth-order valence-corrected chi connectivity index (χ4v) is 3.48. The van der Waals surface area contributed by atoms with Crippen LogP contribution in [-0.4, -0.2) is 24.5 Å². The highest BCUT2D eigenvalue weighted by atomic mass is 16.5. The van der Waals surface area contributed by atoms with Gasteiger partial charge in [-0.25, -0.2) is 4.98 Å². The lowest BCUT2D eigenvalue weighted by molar-refractivity contribution is 0.102. The van der Waals surface area contributed by atoms with E-state index in [0.717, 1.165) is 25.1 Å². The van der Waals surface area contributed by atoms with Crippen molar-refractivity contribution in [3.63, 3.8) is 0 Å². The average Bonchev–Trinajstić information content (AvgIpc) is 2.73. The molecule has 1 aromatic heterocycles. The number of aromatic nitrogens is 1. The van der Waals surface area contributed by atoms with Crippen molar-refractivity contribution in [2.24, 2.45) is 0 Å². The van der Waals surface area contributed by atoms with Gasteiger partial charge in [0, 0.05) is 18.4 Å². The van der Waals surface area contributed by atoms with Crippen LogP contribution < -0.4 is 15.0 Å². The molecule has 5 nitrogen and oxygen atoms in total. The van der Waals surface area contributed by atoms with Crippen molar-refractivity contribution in [3.05, 3.63) is 78.0 Å². The predicted octanol–water partition coefficient (Wildman–Crippen LogP) is 4.43. The molecule has 3 aromatic rings. The average molecular weight is 359 g/mol. The van der Waals surface area contributed by atoms with Gasteiger partial charge in [-0.05, 0) is 48.7 Å². The Labute approximate surface area is 158 Å². The third kappa shape index (κ3) is 3.36. The summed E-state index contributed by atoms with van der Waals surface area (Å²) in [4.78, 5) is 19.7. The highest BCUT2D eigenvalue weighted by Gasteiger charge is 2.23. The molecule has 1 aliphatic heterocycles. The molecule has 1 aliphatic rings. The fraction of sp³-hybridized carbons (Fsp3) is 0.182. The van der Waals surface area contributed by atoms with E-state index in [4.69, 9.17) is 4.74 Å². The van der Waals surface area contributed by atoms with Crippen LogP contribution in [0, 0.1) is 0 Å². The molecule has 5 heteroatoms. The van der Waals surface area contributed by atoms with E-state index in [9.17, 15) is 4.79 Å². The smallest absolute Gasteiger partial charge is 0.259 e. The fourth-order valence-electron chi connectivity index (χ4n) is 3.48. The summed E-state index contributed by atoms with van der Waals surface area (Å²) < 4.78 is 5.33. The lowest BCUT2D eigenvalue weighted by Gasteiger charge is -2.31. The first kappa shape index (κ1) is 17.1. The van der Waals surface area contributed by atoms with Crippen LogP contribution in [0.4, 0.5) is 17.2 Å². The van der Waals surface area contributed by atoms with E-state index in [2.05, 4.69) is 33.4 Å². The third-order valence-electron chi connectivity index (χ3n) is 4.75. The van der Waals surface area contributed by atoms with E-state index in [1.54, 1.807) is 19.4 Å². The highest BCUT2D eigenvalue weighted by molar-refractivity contribution is 6.08. The summed E-state index contributed by atoms with van der Waals surface area (Å²) in [6.07, 6.45) is 3.80. The van der Waals surface area contributed by atoms with Gasteiger partial charge in [-0.15, -0.1) is 0 Å². The van der Waals surface area contributed by atoms with Crippen molar-refractivity contribution in [2.75, 3.05) is 23.9 Å². The molecule has 0 spiro atoms. The summed E-state index contributed by atoms with van der Waals surface area (Å²) in [5.41, 5.74) is 3.58. The number of carbonyl (C=O) groups is 1. The quantitative estimate of drug-likeness (QED) is 0.749. The minimum Gasteiger partial charge on any atom is -0.495 e. The number of nitrogens with one attached hydrogen (secondary N) is 1. The van der Waals surface area contributed by atoms with Crippen molar-refractivity contribution in [1.82, 2.24) is 4.98 Å². The van der Waals surface area contributed by atoms with Crippen molar-refractivity contribution >= 4 is 23.1 Å². The van der Waals surface area contributed by atoms with Crippen molar-refractivity contribution < 1.29 is 9.53 Å². The standard InChI is InChI=1S/C22H21N3O2/c1-27-20-13-5-3-11-18(20)24-22(26)17-10-6-14-23-21(17)25-15-7-9-16-8-2-4-12-19(16)25/h2-6,8,10-14H,7,9,15H2,1H3,(H,24,26). The zero-order valence-electron chi connectivity index (χ0n) is 15.2. The van der Waals surface area contributed by atoms with Crippen LogP contribution in [0.25, 0.3) is 0 Å². The number of fused-ring (bicyclic) bond motifs is 1. The molecule has 2 heterocycles. The molecule has 0 saturated heterocycles. The number of hydrogen-bond donors (Lipinski definition) is 1. The van der Waals surface area contributed by atoms with Crippen LogP contribution in [-0.2, 0) is 6.42 Å². The van der Waals surface area contributed by atoms with Gasteiger partial charge in [0.05, 0.1) is 18.4 Å². The van der Waals surface area contributed by atoms with Crippen molar-refractivity contribution in [1.29, 1.82) is 0 Å². The number of aryl methyl sites for hydroxylation is 1. The number of anilines is 3. The first-order valence-electron chi connectivity index (χ1n) is 9.03. The summed E-state index contributed by atoms with van der Waals surface area (Å²) in [6, 6.07) is 19.3. The molecule has 136 valence electrons. The van der Waals surface area contributed by atoms with Gasteiger partial charge in [-0.3, -0.25) is 4.79 Å². The second-order valence-electron chi connectivity index (χ2n) is 6.41. The Bertz CT molecular complexity index is 971. The van der Waals surface area contributed by atoms with E-state index in [1.165, 1.54) is 5.56 Å². The summed E-state index contributed by atoms with van der Waals surface area (Å²) in [7, 11) is 1.59. The molecule has 2 aromatic carbocycles. The molecule has 0 saturated carbocycles. The van der Waals surface area contributed by atoms with Gasteiger partial charge < -0.3 is 15.0 Å². The van der Waals surface area contributed by atoms with Crippen LogP contribution >= 0.6 is 0 Å². The second kappa shape index (κ2) is 7.50. The molecule has 27 heavy (non-hydrogen) atoms. The van der Waals surface area contributed by atoms with E-state index < -0.39 is 0 Å². The molecule has 1 amide bonds. The Morgan fingerprint density at radius 3 is 2.78 bits per heavy atom. The van der Waals surface area contributed by atoms with E-state index in [0.29, 0.717) is 22.8 Å². The highest BCUT2D eigenvalue weighted by Crippen LogP contribution is 2.34. The van der Waals surface area contributed by atoms with Gasteiger partial charge in [-0.1, -0.05) is 30.3 Å². The zero-order chi connectivity index (χ0) is 18.6. The molecule has 0 unspecified atom stereocenters. The predicted molar refractivity (Wildman–Crippen MR) is 107 cm³/mol. The third-order valence-corrected chi connectivity index (χ3v) is 4.75. The molecule has 1 N–H and O–H groups in total. The first-order chi connectivity index (χ1) is 13.3. The van der Waals surface area contributed by atoms with Crippen molar-refractivity contribution in [3.8, 4) is 5.75 Å². The van der Waals surface area contributed by atoms with Gasteiger partial charge in [-0.2, -0.15) is 0 Å². The lowest BCUT2D eigenvalue weighted by Crippen LogP contribution is -2.28. The lowest BCUT2D eigenvalue weighted by atomic mass is 10.0. The van der Waals surface area contributed by atoms with E-state index >= 15 is 0 Å². The molecule has 0 radical (unpaired) electrons. The molecular weight excluding hydrogens is 338 g/mol. The van der Waals surface area contributed by atoms with Crippen LogP contribution in [0.2, 0.25) is 0 Å². The maximum Gasteiger partial charge on any atom is 0.259 e. The Balaban J connectivity index is 1.69. The molecule has 0 atom stereocenters. The number of nitrogens with zero attached hydrogens (tertiary/aromatic N) is 2. The second-order valence-corrected chi connectivity index (χ2v) is 6.41. The molecule has 0 aliphatic carbocycles. The number of ether oxygens (including phenoxy) is 1. The number of amides is 1. The number of para-hydroxylation sites is 3. The Morgan fingerprint density at radius 2 is 1.89 bits per heavy atom. The van der Waals surface area contributed by atoms with Gasteiger partial charge in [0.25, 0.3) is 5.91 Å². The maximum absolute atomic E-state index is 13.0. The topological polar surface area (TPSA) is 54.5 Å². The number of rotatable bonds is 4. The number of pyridine rings is 1. The number of carbonyl (C=O) groups excluding carboxylic acids is 1. The number of benzene rings is 2. The molecular formula is C22H21N3O2. The zero-order valence-corrected chi connectivity index (χ0v) is 15.2. The van der Waals surface area contributed by atoms with E-state index in [-0.39, 0.29) is 5.91 Å². The van der Waals surface area contributed by atoms with Gasteiger partial charge in [0.15, 0.2) is 0 Å².